The lowest BCUT2D eigenvalue weighted by molar-refractivity contribution is -0.121. The van der Waals surface area contributed by atoms with Gasteiger partial charge in [-0.3, -0.25) is 4.79 Å². The average molecular weight is 249 g/mol. The van der Waals surface area contributed by atoms with E-state index in [9.17, 15) is 4.79 Å². The van der Waals surface area contributed by atoms with Crippen LogP contribution >= 0.6 is 0 Å². The maximum atomic E-state index is 11.5. The fraction of sp³-hybridized carbons (Fsp3) is 0.562. The van der Waals surface area contributed by atoms with E-state index in [1.165, 1.54) is 5.57 Å². The molecule has 18 heavy (non-hydrogen) atoms. The lowest BCUT2D eigenvalue weighted by atomic mass is 10.0. The van der Waals surface area contributed by atoms with Crippen molar-refractivity contribution in [1.82, 2.24) is 5.32 Å². The van der Waals surface area contributed by atoms with Gasteiger partial charge in [-0.15, -0.1) is 0 Å². The van der Waals surface area contributed by atoms with Gasteiger partial charge in [0.25, 0.3) is 0 Å². The van der Waals surface area contributed by atoms with E-state index in [1.54, 1.807) is 0 Å². The standard InChI is InChI=1S/C16H27NO/c1-7-14(12(3)4)11-15(8-2)17-10-9-16(18)13(5)6/h7-8,11-13,17H,1,9-10H2,2-6H3/b14-11+,15-8+. The van der Waals surface area contributed by atoms with Gasteiger partial charge in [0.1, 0.15) is 5.78 Å². The van der Waals surface area contributed by atoms with Crippen molar-refractivity contribution in [3.05, 3.63) is 36.1 Å². The van der Waals surface area contributed by atoms with Gasteiger partial charge in [0.05, 0.1) is 0 Å². The van der Waals surface area contributed by atoms with E-state index in [1.807, 2.05) is 32.9 Å². The van der Waals surface area contributed by atoms with Crippen LogP contribution < -0.4 is 5.32 Å². The van der Waals surface area contributed by atoms with Gasteiger partial charge in [0, 0.05) is 24.6 Å². The first-order chi connectivity index (χ1) is 8.42. The Kier molecular flexibility index (Phi) is 8.10. The van der Waals surface area contributed by atoms with E-state index >= 15 is 0 Å². The molecule has 0 fully saturated rings. The molecule has 0 aromatic rings. The summed E-state index contributed by atoms with van der Waals surface area (Å²) in [5.41, 5.74) is 2.25. The first kappa shape index (κ1) is 16.7. The molecule has 0 radical (unpaired) electrons. The molecule has 0 amide bonds. The molecule has 0 aliphatic heterocycles. The van der Waals surface area contributed by atoms with Crippen molar-refractivity contribution in [1.29, 1.82) is 0 Å². The van der Waals surface area contributed by atoms with Crippen LogP contribution in [0.4, 0.5) is 0 Å². The molecule has 0 saturated carbocycles. The molecule has 2 heteroatoms. The Balaban J connectivity index is 4.38. The molecular weight excluding hydrogens is 222 g/mol. The van der Waals surface area contributed by atoms with Gasteiger partial charge in [-0.1, -0.05) is 46.4 Å². The molecule has 0 spiro atoms. The maximum absolute atomic E-state index is 11.5. The Bertz CT molecular complexity index is 335. The third-order valence-corrected chi connectivity index (χ3v) is 2.88. The second-order valence-electron chi connectivity index (χ2n) is 5.04. The number of hydrogen-bond donors (Lipinski definition) is 1. The van der Waals surface area contributed by atoms with Gasteiger partial charge in [-0.05, 0) is 24.5 Å². The van der Waals surface area contributed by atoms with E-state index in [0.717, 1.165) is 5.70 Å². The highest BCUT2D eigenvalue weighted by Crippen LogP contribution is 2.12. The molecule has 0 heterocycles. The third kappa shape index (κ3) is 6.43. The predicted molar refractivity (Wildman–Crippen MR) is 79.3 cm³/mol. The molecule has 0 bridgehead atoms. The van der Waals surface area contributed by atoms with Crippen molar-refractivity contribution >= 4 is 5.78 Å². The van der Waals surface area contributed by atoms with Crippen molar-refractivity contribution in [2.24, 2.45) is 11.8 Å². The summed E-state index contributed by atoms with van der Waals surface area (Å²) >= 11 is 0. The monoisotopic (exact) mass is 249 g/mol. The SMILES string of the molecule is C=C/C(=C\C(=C/C)NCCC(=O)C(C)C)C(C)C. The topological polar surface area (TPSA) is 29.1 Å². The summed E-state index contributed by atoms with van der Waals surface area (Å²) in [5, 5.41) is 3.29. The van der Waals surface area contributed by atoms with Gasteiger partial charge in [-0.25, -0.2) is 0 Å². The Morgan fingerprint density at radius 1 is 1.22 bits per heavy atom. The number of Topliss-reactive ketones (excluding diaryl/α,β-unsaturated/α-hetero) is 1. The molecule has 0 unspecified atom stereocenters. The summed E-state index contributed by atoms with van der Waals surface area (Å²) in [7, 11) is 0. The smallest absolute Gasteiger partial charge is 0.137 e. The molecule has 0 aromatic heterocycles. The number of ketones is 1. The molecule has 0 aliphatic carbocycles. The van der Waals surface area contributed by atoms with Gasteiger partial charge >= 0.3 is 0 Å². The van der Waals surface area contributed by atoms with Crippen LogP contribution in [-0.2, 0) is 4.79 Å². The first-order valence-electron chi connectivity index (χ1n) is 6.69. The van der Waals surface area contributed by atoms with Crippen molar-refractivity contribution in [2.45, 2.75) is 41.0 Å². The van der Waals surface area contributed by atoms with Crippen LogP contribution in [-0.4, -0.2) is 12.3 Å². The lowest BCUT2D eigenvalue weighted by Gasteiger charge is -2.11. The summed E-state index contributed by atoms with van der Waals surface area (Å²) in [6.07, 6.45) is 6.58. The lowest BCUT2D eigenvalue weighted by Crippen LogP contribution is -2.19. The zero-order chi connectivity index (χ0) is 14.1. The van der Waals surface area contributed by atoms with Crippen LogP contribution in [0, 0.1) is 11.8 Å². The van der Waals surface area contributed by atoms with Crippen LogP contribution in [0.5, 0.6) is 0 Å². The van der Waals surface area contributed by atoms with Gasteiger partial charge in [-0.2, -0.15) is 0 Å². The van der Waals surface area contributed by atoms with Crippen LogP contribution in [0.15, 0.2) is 36.1 Å². The fourth-order valence-corrected chi connectivity index (χ4v) is 1.50. The summed E-state index contributed by atoms with van der Waals surface area (Å²) in [4.78, 5) is 11.5. The number of hydrogen-bond acceptors (Lipinski definition) is 2. The average Bonchev–Trinajstić information content (AvgIpc) is 2.32. The second kappa shape index (κ2) is 8.73. The molecule has 102 valence electrons. The minimum absolute atomic E-state index is 0.121. The molecular formula is C16H27NO. The molecule has 2 nitrogen and oxygen atoms in total. The molecule has 0 saturated heterocycles. The van der Waals surface area contributed by atoms with E-state index in [-0.39, 0.29) is 5.92 Å². The predicted octanol–water partition coefficient (Wildman–Crippen LogP) is 3.86. The summed E-state index contributed by atoms with van der Waals surface area (Å²) in [5.74, 6) is 0.877. The van der Waals surface area contributed by atoms with Crippen molar-refractivity contribution in [3.63, 3.8) is 0 Å². The Morgan fingerprint density at radius 2 is 1.83 bits per heavy atom. The highest BCUT2D eigenvalue weighted by Gasteiger charge is 2.06. The summed E-state index contributed by atoms with van der Waals surface area (Å²) in [6.45, 7) is 14.7. The van der Waals surface area contributed by atoms with E-state index in [2.05, 4.69) is 31.8 Å². The second-order valence-corrected chi connectivity index (χ2v) is 5.04. The van der Waals surface area contributed by atoms with Gasteiger partial charge in [0.15, 0.2) is 0 Å². The van der Waals surface area contributed by atoms with Crippen molar-refractivity contribution < 1.29 is 4.79 Å². The minimum atomic E-state index is 0.121. The number of carbonyl (C=O) groups is 1. The van der Waals surface area contributed by atoms with E-state index in [0.29, 0.717) is 24.7 Å². The van der Waals surface area contributed by atoms with Crippen LogP contribution in [0.1, 0.15) is 41.0 Å². The summed E-state index contributed by atoms with van der Waals surface area (Å²) < 4.78 is 0. The zero-order valence-electron chi connectivity index (χ0n) is 12.4. The van der Waals surface area contributed by atoms with Gasteiger partial charge in [0.2, 0.25) is 0 Å². The Morgan fingerprint density at radius 3 is 2.22 bits per heavy atom. The third-order valence-electron chi connectivity index (χ3n) is 2.88. The van der Waals surface area contributed by atoms with Gasteiger partial charge < -0.3 is 5.32 Å². The van der Waals surface area contributed by atoms with Crippen LogP contribution in [0.25, 0.3) is 0 Å². The fourth-order valence-electron chi connectivity index (χ4n) is 1.50. The molecule has 0 aliphatic rings. The van der Waals surface area contributed by atoms with Crippen LogP contribution in [0.2, 0.25) is 0 Å². The minimum Gasteiger partial charge on any atom is -0.385 e. The molecule has 0 atom stereocenters. The van der Waals surface area contributed by atoms with Crippen molar-refractivity contribution in [2.75, 3.05) is 6.54 Å². The summed E-state index contributed by atoms with van der Waals surface area (Å²) in [6, 6.07) is 0. The molecule has 1 N–H and O–H groups in total. The highest BCUT2D eigenvalue weighted by atomic mass is 16.1. The molecule has 0 aromatic carbocycles. The molecule has 0 rings (SSSR count). The Labute approximate surface area is 112 Å². The highest BCUT2D eigenvalue weighted by molar-refractivity contribution is 5.80. The van der Waals surface area contributed by atoms with E-state index in [4.69, 9.17) is 0 Å². The number of carbonyl (C=O) groups excluding carboxylic acids is 1. The number of rotatable bonds is 8. The van der Waals surface area contributed by atoms with Crippen LogP contribution in [0.3, 0.4) is 0 Å². The maximum Gasteiger partial charge on any atom is 0.137 e. The largest absolute Gasteiger partial charge is 0.385 e. The number of allylic oxidation sites excluding steroid dienone is 4. The van der Waals surface area contributed by atoms with Crippen molar-refractivity contribution in [3.8, 4) is 0 Å². The quantitative estimate of drug-likeness (QED) is 0.662. The number of nitrogens with one attached hydrogen (secondary N) is 1. The normalized spacial score (nSPS) is 13.1. The Hall–Kier alpha value is -1.31. The first-order valence-corrected chi connectivity index (χ1v) is 6.69. The zero-order valence-corrected chi connectivity index (χ0v) is 12.4. The van der Waals surface area contributed by atoms with E-state index < -0.39 is 0 Å².